The first-order chi connectivity index (χ1) is 12.7. The molecule has 1 amide bonds. The van der Waals surface area contributed by atoms with E-state index >= 15 is 0 Å². The third-order valence-corrected chi connectivity index (χ3v) is 4.05. The maximum absolute atomic E-state index is 12.8. The second-order valence-corrected chi connectivity index (χ2v) is 6.13. The summed E-state index contributed by atoms with van der Waals surface area (Å²) >= 11 is 0. The van der Waals surface area contributed by atoms with Crippen molar-refractivity contribution in [3.05, 3.63) is 47.2 Å². The smallest absolute Gasteiger partial charge is 0.415 e. The molecule has 0 aliphatic carbocycles. The van der Waals surface area contributed by atoms with Crippen LogP contribution in [0.4, 0.5) is 23.8 Å². The number of ether oxygens (including phenoxy) is 1. The SMILES string of the molecule is COC(=O)N(Cc1cccc(C#N)c1)c1cc(CC(C)C(F)(F)F)nn1C. The van der Waals surface area contributed by atoms with E-state index in [4.69, 9.17) is 10.00 Å². The molecular weight excluding hydrogens is 361 g/mol. The number of alkyl halides is 3. The largest absolute Gasteiger partial charge is 0.452 e. The van der Waals surface area contributed by atoms with E-state index in [0.29, 0.717) is 16.9 Å². The molecule has 1 heterocycles. The molecule has 0 radical (unpaired) electrons. The molecule has 2 aromatic rings. The summed E-state index contributed by atoms with van der Waals surface area (Å²) < 4.78 is 44.5. The number of benzene rings is 1. The van der Waals surface area contributed by atoms with Crippen molar-refractivity contribution in [1.82, 2.24) is 9.78 Å². The number of anilines is 1. The molecular formula is C18H19F3N4O2. The number of hydrogen-bond donors (Lipinski definition) is 0. The molecule has 0 saturated carbocycles. The van der Waals surface area contributed by atoms with Gasteiger partial charge in [-0.25, -0.2) is 4.79 Å². The van der Waals surface area contributed by atoms with Crippen molar-refractivity contribution in [1.29, 1.82) is 5.26 Å². The molecule has 0 spiro atoms. The van der Waals surface area contributed by atoms with Crippen molar-refractivity contribution in [2.45, 2.75) is 26.1 Å². The van der Waals surface area contributed by atoms with Crippen molar-refractivity contribution in [3.8, 4) is 6.07 Å². The van der Waals surface area contributed by atoms with Crippen LogP contribution >= 0.6 is 0 Å². The van der Waals surface area contributed by atoms with Gasteiger partial charge in [0.05, 0.1) is 36.9 Å². The van der Waals surface area contributed by atoms with Gasteiger partial charge in [-0.05, 0) is 17.7 Å². The van der Waals surface area contributed by atoms with Crippen LogP contribution < -0.4 is 4.90 Å². The van der Waals surface area contributed by atoms with E-state index in [9.17, 15) is 18.0 Å². The average molecular weight is 380 g/mol. The van der Waals surface area contributed by atoms with Crippen LogP contribution in [0, 0.1) is 17.2 Å². The molecule has 0 saturated heterocycles. The highest BCUT2D eigenvalue weighted by Crippen LogP contribution is 2.29. The molecule has 1 unspecified atom stereocenters. The Hall–Kier alpha value is -3.02. The Kier molecular flexibility index (Phi) is 6.10. The van der Waals surface area contributed by atoms with Crippen LogP contribution in [0.1, 0.15) is 23.7 Å². The highest BCUT2D eigenvalue weighted by molar-refractivity contribution is 5.86. The standard InChI is InChI=1S/C18H19F3N4O2/c1-12(18(19,20)21)7-15-9-16(24(2)23-15)25(17(26)27-3)11-14-6-4-5-13(8-14)10-22/h4-6,8-9,12H,7,11H2,1-3H3. The zero-order valence-electron chi connectivity index (χ0n) is 15.1. The summed E-state index contributed by atoms with van der Waals surface area (Å²) in [6, 6.07) is 10.1. The molecule has 1 aromatic heterocycles. The number of nitrogens with zero attached hydrogens (tertiary/aromatic N) is 4. The van der Waals surface area contributed by atoms with Gasteiger partial charge in [0, 0.05) is 19.5 Å². The summed E-state index contributed by atoms with van der Waals surface area (Å²) in [7, 11) is 2.75. The maximum Gasteiger partial charge on any atom is 0.415 e. The predicted molar refractivity (Wildman–Crippen MR) is 91.9 cm³/mol. The number of aromatic nitrogens is 2. The summed E-state index contributed by atoms with van der Waals surface area (Å²) in [4.78, 5) is 13.5. The van der Waals surface area contributed by atoms with Gasteiger partial charge in [0.25, 0.3) is 0 Å². The first-order valence-corrected chi connectivity index (χ1v) is 8.10. The zero-order chi connectivity index (χ0) is 20.2. The number of rotatable bonds is 5. The molecule has 0 aliphatic heterocycles. The van der Waals surface area contributed by atoms with Gasteiger partial charge >= 0.3 is 12.3 Å². The number of halogens is 3. The fraction of sp³-hybridized carbons (Fsp3) is 0.389. The fourth-order valence-corrected chi connectivity index (χ4v) is 2.57. The minimum Gasteiger partial charge on any atom is -0.452 e. The average Bonchev–Trinajstić information content (AvgIpc) is 2.98. The number of carbonyl (C=O) groups is 1. The normalized spacial score (nSPS) is 12.3. The van der Waals surface area contributed by atoms with E-state index in [1.165, 1.54) is 22.8 Å². The Bertz CT molecular complexity index is 855. The van der Waals surface area contributed by atoms with Crippen LogP contribution in [0.5, 0.6) is 0 Å². The lowest BCUT2D eigenvalue weighted by molar-refractivity contribution is -0.169. The van der Waals surface area contributed by atoms with E-state index in [1.54, 1.807) is 31.3 Å². The van der Waals surface area contributed by atoms with Gasteiger partial charge in [-0.3, -0.25) is 9.58 Å². The molecule has 2 rings (SSSR count). The molecule has 1 aromatic carbocycles. The van der Waals surface area contributed by atoms with E-state index < -0.39 is 18.2 Å². The Morgan fingerprint density at radius 2 is 2.11 bits per heavy atom. The minimum absolute atomic E-state index is 0.0794. The zero-order valence-corrected chi connectivity index (χ0v) is 15.1. The molecule has 9 heteroatoms. The first-order valence-electron chi connectivity index (χ1n) is 8.10. The number of methoxy groups -OCH3 is 1. The predicted octanol–water partition coefficient (Wildman–Crippen LogP) is 3.81. The lowest BCUT2D eigenvalue weighted by Gasteiger charge is -2.21. The van der Waals surface area contributed by atoms with Gasteiger partial charge in [0.2, 0.25) is 0 Å². The topological polar surface area (TPSA) is 71.2 Å². The summed E-state index contributed by atoms with van der Waals surface area (Å²) in [6.07, 6.45) is -5.30. The molecule has 0 N–H and O–H groups in total. The van der Waals surface area contributed by atoms with Gasteiger partial charge in [-0.15, -0.1) is 0 Å². The molecule has 27 heavy (non-hydrogen) atoms. The summed E-state index contributed by atoms with van der Waals surface area (Å²) in [6.45, 7) is 1.16. The van der Waals surface area contributed by atoms with Crippen LogP contribution in [-0.4, -0.2) is 29.2 Å². The fourth-order valence-electron chi connectivity index (χ4n) is 2.57. The molecule has 6 nitrogen and oxygen atoms in total. The highest BCUT2D eigenvalue weighted by atomic mass is 19.4. The number of carbonyl (C=O) groups excluding carboxylic acids is 1. The lowest BCUT2D eigenvalue weighted by Crippen LogP contribution is -2.31. The van der Waals surface area contributed by atoms with Crippen molar-refractivity contribution in [3.63, 3.8) is 0 Å². The molecule has 0 bridgehead atoms. The second kappa shape index (κ2) is 8.12. The molecule has 1 atom stereocenters. The Morgan fingerprint density at radius 3 is 2.70 bits per heavy atom. The van der Waals surface area contributed by atoms with Crippen molar-refractivity contribution < 1.29 is 22.7 Å². The summed E-state index contributed by atoms with van der Waals surface area (Å²) in [5.41, 5.74) is 1.32. The Morgan fingerprint density at radius 1 is 1.41 bits per heavy atom. The van der Waals surface area contributed by atoms with Crippen molar-refractivity contribution in [2.24, 2.45) is 13.0 Å². The number of nitriles is 1. The van der Waals surface area contributed by atoms with Gasteiger partial charge in [-0.1, -0.05) is 19.1 Å². The van der Waals surface area contributed by atoms with Gasteiger partial charge in [-0.2, -0.15) is 23.5 Å². The molecule has 0 aliphatic rings. The van der Waals surface area contributed by atoms with Crippen molar-refractivity contribution >= 4 is 11.9 Å². The maximum atomic E-state index is 12.8. The second-order valence-electron chi connectivity index (χ2n) is 6.13. The summed E-state index contributed by atoms with van der Waals surface area (Å²) in [5.74, 6) is -1.26. The summed E-state index contributed by atoms with van der Waals surface area (Å²) in [5, 5.41) is 13.1. The molecule has 0 fully saturated rings. The minimum atomic E-state index is -4.32. The number of aryl methyl sites for hydroxylation is 1. The van der Waals surface area contributed by atoms with Crippen molar-refractivity contribution in [2.75, 3.05) is 12.0 Å². The lowest BCUT2D eigenvalue weighted by atomic mass is 10.1. The van der Waals surface area contributed by atoms with E-state index in [-0.39, 0.29) is 18.7 Å². The van der Waals surface area contributed by atoms with Crippen LogP contribution in [0.2, 0.25) is 0 Å². The van der Waals surface area contributed by atoms with Gasteiger partial charge in [0.15, 0.2) is 0 Å². The first kappa shape index (κ1) is 20.3. The van der Waals surface area contributed by atoms with Gasteiger partial charge in [0.1, 0.15) is 5.82 Å². The number of amides is 1. The van der Waals surface area contributed by atoms with Crippen LogP contribution in [0.25, 0.3) is 0 Å². The number of hydrogen-bond acceptors (Lipinski definition) is 4. The quantitative estimate of drug-likeness (QED) is 0.791. The monoisotopic (exact) mass is 380 g/mol. The Labute approximate surface area is 154 Å². The third kappa shape index (κ3) is 5.00. The van der Waals surface area contributed by atoms with Crippen LogP contribution in [0.3, 0.4) is 0 Å². The highest BCUT2D eigenvalue weighted by Gasteiger charge is 2.36. The third-order valence-electron chi connectivity index (χ3n) is 4.05. The van der Waals surface area contributed by atoms with E-state index in [1.807, 2.05) is 6.07 Å². The molecule has 144 valence electrons. The van der Waals surface area contributed by atoms with E-state index in [0.717, 1.165) is 6.92 Å². The van der Waals surface area contributed by atoms with E-state index in [2.05, 4.69) is 5.10 Å². The van der Waals surface area contributed by atoms with Gasteiger partial charge < -0.3 is 4.74 Å². The Balaban J connectivity index is 2.31. The van der Waals surface area contributed by atoms with Crippen LogP contribution in [0.15, 0.2) is 30.3 Å². The van der Waals surface area contributed by atoms with Crippen LogP contribution in [-0.2, 0) is 24.8 Å².